The van der Waals surface area contributed by atoms with Crippen LogP contribution in [0.4, 0.5) is 0 Å². The second-order valence-corrected chi connectivity index (χ2v) is 0.358. The Bertz CT molecular complexity index is 146. The third-order valence-corrected chi connectivity index (χ3v) is 0. The molecule has 0 saturated carbocycles. The molecule has 0 amide bonds. The van der Waals surface area contributed by atoms with Crippen molar-refractivity contribution in [2.45, 2.75) is 0 Å². The van der Waals surface area contributed by atoms with Crippen LogP contribution in [0.15, 0.2) is 0 Å². The van der Waals surface area contributed by atoms with Crippen LogP contribution < -0.4 is 138 Å². The molecule has 0 N–H and O–H groups in total. The minimum atomic E-state index is 0. The summed E-state index contributed by atoms with van der Waals surface area (Å²) in [5.74, 6) is 0. The average molecular weight is 499 g/mol. The van der Waals surface area contributed by atoms with E-state index < -0.39 is 0 Å². The Morgan fingerprint density at radius 3 is 0.400 bits per heavy atom. The molecule has 0 aromatic heterocycles. The van der Waals surface area contributed by atoms with Gasteiger partial charge in [-0.3, -0.25) is 19.6 Å². The molecule has 0 rings (SSSR count). The van der Waals surface area contributed by atoms with E-state index in [9.17, 15) is 0 Å². The predicted octanol–water partition coefficient (Wildman–Crippen LogP) is -2.53. The van der Waals surface area contributed by atoms with E-state index >= 15 is 0 Å². The summed E-state index contributed by atoms with van der Waals surface area (Å²) in [5, 5.41) is 0. The Kier molecular flexibility index (Phi) is 292. The van der Waals surface area contributed by atoms with Gasteiger partial charge in [-0.2, -0.15) is 0 Å². The molecule has 0 atom stereocenters. The Morgan fingerprint density at radius 1 is 0.400 bits per heavy atom. The van der Waals surface area contributed by atoms with Crippen LogP contribution in [0.25, 0.3) is 63.9 Å². The van der Waals surface area contributed by atoms with Crippen molar-refractivity contribution in [2.24, 2.45) is 0 Å². The van der Waals surface area contributed by atoms with Crippen molar-refractivity contribution in [2.75, 3.05) is 0 Å². The summed E-state index contributed by atoms with van der Waals surface area (Å²) >= 11 is 0. The van der Waals surface area contributed by atoms with Gasteiger partial charge in [-0.05, 0) is 0 Å². The largest absolute Gasteiger partial charge is 2.00 e. The molecule has 0 radical (unpaired) electrons. The molecule has 0 aromatic rings. The summed E-state index contributed by atoms with van der Waals surface area (Å²) in [6.07, 6.45) is 0. The summed E-state index contributed by atoms with van der Waals surface area (Å²) < 4.78 is 0. The predicted molar refractivity (Wildman–Crippen MR) is 40.3 cm³/mol. The van der Waals surface area contributed by atoms with Crippen molar-refractivity contribution in [3.8, 4) is 0 Å². The van der Waals surface area contributed by atoms with Crippen LogP contribution in [0.1, 0.15) is 0 Å². The van der Waals surface area contributed by atoms with Gasteiger partial charge < -0.3 is 44.2 Å². The van der Waals surface area contributed by atoms with Crippen LogP contribution in [0.3, 0.4) is 0 Å². The summed E-state index contributed by atoms with van der Waals surface area (Å²) in [6, 6.07) is 0. The van der Waals surface area contributed by atoms with Crippen LogP contribution in [-0.4, -0.2) is 0 Å². The first-order valence-electron chi connectivity index (χ1n) is 1.60. The summed E-state index contributed by atoms with van der Waals surface area (Å²) in [4.78, 5) is 6.00. The standard InChI is InChI=1S/2Cs.4N3.Zn/c;;4*1-3-2;/q2*+1;4*-1;+2. The van der Waals surface area contributed by atoms with Crippen molar-refractivity contribution in [3.63, 3.8) is 0 Å². The van der Waals surface area contributed by atoms with Gasteiger partial charge in [0.15, 0.2) is 0 Å². The van der Waals surface area contributed by atoms with Crippen molar-refractivity contribution >= 4 is 0 Å². The molecular weight excluding hydrogens is 499 g/mol. The molecule has 0 unspecified atom stereocenters. The van der Waals surface area contributed by atoms with E-state index in [4.69, 9.17) is 44.2 Å². The summed E-state index contributed by atoms with van der Waals surface area (Å²) in [7, 11) is 0. The second-order valence-electron chi connectivity index (χ2n) is 0.358. The minimum absolute atomic E-state index is 0. The molecule has 0 heterocycles. The number of hydrogen-bond acceptors (Lipinski definition) is 0. The van der Waals surface area contributed by atoms with Gasteiger partial charge >= 0.3 is 157 Å². The fourth-order valence-electron chi connectivity index (χ4n) is 0. The molecule has 0 aliphatic carbocycles. The SMILES string of the molecule is [Cs+].[Cs+].[N-]=[N+]=[N-].[N-]=[N+]=[N-].[N-]=[N+]=[N-].[N-]=[N+]=[N-].[Zn+2]. The van der Waals surface area contributed by atoms with Gasteiger partial charge in [-0.25, -0.2) is 0 Å². The zero-order valence-electron chi connectivity index (χ0n) is 8.07. The van der Waals surface area contributed by atoms with Gasteiger partial charge in [0.1, 0.15) is 0 Å². The van der Waals surface area contributed by atoms with E-state index in [1.165, 1.54) is 19.6 Å². The molecule has 15 heteroatoms. The Labute approximate surface area is 215 Å². The molecule has 15 heavy (non-hydrogen) atoms. The van der Waals surface area contributed by atoms with E-state index in [0.29, 0.717) is 0 Å². The van der Waals surface area contributed by atoms with Crippen molar-refractivity contribution in [3.05, 3.63) is 63.9 Å². The number of nitrogens with zero attached hydrogens (tertiary/aromatic N) is 12. The Hall–Kier alpha value is 1.97. The Balaban J connectivity index is -0.0000000107. The van der Waals surface area contributed by atoms with E-state index in [2.05, 4.69) is 0 Å². The first-order chi connectivity index (χ1) is 5.66. The Morgan fingerprint density at radius 2 is 0.400 bits per heavy atom. The topological polar surface area (TPSA) is 235 Å². The van der Waals surface area contributed by atoms with Crippen LogP contribution >= 0.6 is 0 Å². The van der Waals surface area contributed by atoms with Gasteiger partial charge in [0.25, 0.3) is 0 Å². The first kappa shape index (κ1) is 43.5. The van der Waals surface area contributed by atoms with Crippen LogP contribution in [0.2, 0.25) is 0 Å². The summed E-state index contributed by atoms with van der Waals surface area (Å²) in [6.45, 7) is 0. The zero-order chi connectivity index (χ0) is 10.8. The van der Waals surface area contributed by atoms with Gasteiger partial charge in [0.05, 0.1) is 0 Å². The normalized spacial score (nSPS) is 2.13. The quantitative estimate of drug-likeness (QED) is 0.145. The summed E-state index contributed by atoms with van der Waals surface area (Å²) in [5.41, 5.74) is 54.0. The molecule has 0 aliphatic heterocycles. The maximum atomic E-state index is 6.75. The fourth-order valence-corrected chi connectivity index (χ4v) is 0. The first-order valence-corrected chi connectivity index (χ1v) is 1.60. The fraction of sp³-hybridized carbons (Fsp3) is 0. The third kappa shape index (κ3) is 805. The van der Waals surface area contributed by atoms with Gasteiger partial charge in [-0.15, -0.1) is 0 Å². The molecule has 12 nitrogen and oxygen atoms in total. The third-order valence-electron chi connectivity index (χ3n) is 0. The van der Waals surface area contributed by atoms with Crippen molar-refractivity contribution < 1.29 is 157 Å². The smallest absolute Gasteiger partial charge is 0.373 e. The van der Waals surface area contributed by atoms with Crippen molar-refractivity contribution in [1.82, 2.24) is 0 Å². The van der Waals surface area contributed by atoms with Gasteiger partial charge in [-0.1, -0.05) is 0 Å². The molecule has 0 aromatic carbocycles. The molecule has 0 bridgehead atoms. The molecule has 0 spiro atoms. The van der Waals surface area contributed by atoms with Crippen LogP contribution in [0.5, 0.6) is 0 Å². The van der Waals surface area contributed by atoms with Gasteiger partial charge in [0.2, 0.25) is 0 Å². The minimum Gasteiger partial charge on any atom is -0.373 e. The van der Waals surface area contributed by atoms with E-state index in [0.717, 1.165) is 0 Å². The molecule has 0 fully saturated rings. The van der Waals surface area contributed by atoms with E-state index in [-0.39, 0.29) is 157 Å². The van der Waals surface area contributed by atoms with Crippen LogP contribution in [-0.2, 0) is 19.5 Å². The number of hydrogen-bond donors (Lipinski definition) is 0. The zero-order valence-corrected chi connectivity index (χ0v) is 23.6. The molecule has 64 valence electrons. The van der Waals surface area contributed by atoms with Crippen LogP contribution in [0, 0.1) is 0 Å². The van der Waals surface area contributed by atoms with E-state index in [1.54, 1.807) is 0 Å². The number of rotatable bonds is 0. The monoisotopic (exact) mass is 498 g/mol. The average Bonchev–Trinajstić information content (AvgIpc) is 1.92. The molecular formula is Cs2N12Zn. The molecule has 0 aliphatic rings. The van der Waals surface area contributed by atoms with Gasteiger partial charge in [0, 0.05) is 0 Å². The molecule has 0 saturated heterocycles. The maximum absolute atomic E-state index is 6.75. The maximum Gasteiger partial charge on any atom is 2.00 e. The second kappa shape index (κ2) is 100. The van der Waals surface area contributed by atoms with Crippen molar-refractivity contribution in [1.29, 1.82) is 0 Å². The van der Waals surface area contributed by atoms with E-state index in [1.807, 2.05) is 0 Å².